The average Bonchev–Trinajstić information content (AvgIpc) is 3.31. The van der Waals surface area contributed by atoms with Gasteiger partial charge in [0.15, 0.2) is 6.29 Å². The molecule has 0 aromatic heterocycles. The fraction of sp³-hybridized carbons (Fsp3) is 0.607. The van der Waals surface area contributed by atoms with Crippen molar-refractivity contribution in [1.82, 2.24) is 9.80 Å². The molecule has 0 fully saturated rings. The number of amides is 3. The van der Waals surface area contributed by atoms with E-state index in [4.69, 9.17) is 0 Å². The maximum Gasteiger partial charge on any atom is 0.261 e. The molecule has 1 aliphatic rings. The molecule has 0 spiro atoms. The first-order valence-electron chi connectivity index (χ1n) is 27.3. The van der Waals surface area contributed by atoms with Crippen molar-refractivity contribution in [2.75, 3.05) is 7.05 Å². The van der Waals surface area contributed by atoms with Crippen molar-refractivity contribution in [3.8, 4) is 0 Å². The summed E-state index contributed by atoms with van der Waals surface area (Å²) < 4.78 is 0. The van der Waals surface area contributed by atoms with Crippen LogP contribution in [0, 0.1) is 27.7 Å². The standard InChI is InChI=1S/C59H82N2O4.C2H6/c1-10-14-18-22-26-30-43(31-27-23-19-15-11-2)60(9)57(63)50-40(6)35-46-48-37-42(8)52-56-51(41(7)36-47(54(48)56)45-34-39(5)49(38-62)55(50)53(45)46)58(64)61(59(52)65)44(32-28-24-20-16-12-3)33-29-25-21-17-13-4;1-2/h34-38,43-44H,10-33H2,1-9H3;1-2H3. The van der Waals surface area contributed by atoms with Crippen LogP contribution >= 0.6 is 0 Å². The Morgan fingerprint density at radius 2 is 0.866 bits per heavy atom. The zero-order chi connectivity index (χ0) is 48.8. The number of aldehydes is 1. The highest BCUT2D eigenvalue weighted by Gasteiger charge is 2.40. The molecule has 6 nitrogen and oxygen atoms in total. The summed E-state index contributed by atoms with van der Waals surface area (Å²) in [5.74, 6) is -0.348. The third-order valence-corrected chi connectivity index (χ3v) is 15.2. The topological polar surface area (TPSA) is 74.8 Å². The van der Waals surface area contributed by atoms with Gasteiger partial charge < -0.3 is 4.90 Å². The normalized spacial score (nSPS) is 12.8. The van der Waals surface area contributed by atoms with Crippen LogP contribution in [0.4, 0.5) is 0 Å². The number of unbranched alkanes of at least 4 members (excludes halogenated alkanes) is 16. The maximum absolute atomic E-state index is 15.2. The van der Waals surface area contributed by atoms with Crippen molar-refractivity contribution in [3.63, 3.8) is 0 Å². The Morgan fingerprint density at radius 3 is 1.27 bits per heavy atom. The van der Waals surface area contributed by atoms with Gasteiger partial charge in [-0.1, -0.05) is 176 Å². The molecule has 1 heterocycles. The van der Waals surface area contributed by atoms with E-state index in [1.165, 1.54) is 89.9 Å². The SMILES string of the molecule is CC.CCCCCCCC(CCCCCCC)N(C)C(=O)c1c(C)cc2c3cc(C)c4c5c(c(C)cc(c6cc(C)c(C=O)c1c62)c53)C(=O)N(C(CCCCCCC)CCCCCCC)C4=O. The molecule has 0 N–H and O–H groups in total. The van der Waals surface area contributed by atoms with Gasteiger partial charge in [0.1, 0.15) is 0 Å². The Morgan fingerprint density at radius 1 is 0.507 bits per heavy atom. The summed E-state index contributed by atoms with van der Waals surface area (Å²) in [6.45, 7) is 21.0. The van der Waals surface area contributed by atoms with E-state index in [-0.39, 0.29) is 29.8 Å². The van der Waals surface area contributed by atoms with Crippen LogP contribution in [0.1, 0.15) is 259 Å². The van der Waals surface area contributed by atoms with Crippen LogP contribution in [0.3, 0.4) is 0 Å². The van der Waals surface area contributed by atoms with E-state index in [9.17, 15) is 4.79 Å². The quantitative estimate of drug-likeness (QED) is 0.0165. The Kier molecular flexibility index (Phi) is 20.7. The fourth-order valence-electron chi connectivity index (χ4n) is 11.5. The van der Waals surface area contributed by atoms with Crippen LogP contribution < -0.4 is 0 Å². The number of hydrogen-bond acceptors (Lipinski definition) is 4. The van der Waals surface area contributed by atoms with Crippen LogP contribution in [0.2, 0.25) is 0 Å². The van der Waals surface area contributed by atoms with Gasteiger partial charge in [-0.2, -0.15) is 0 Å². The van der Waals surface area contributed by atoms with Crippen LogP contribution in [0.15, 0.2) is 24.3 Å². The molecule has 0 unspecified atom stereocenters. The van der Waals surface area contributed by atoms with Gasteiger partial charge in [-0.25, -0.2) is 0 Å². The Hall–Kier alpha value is -4.32. The molecular weight excluding hydrogens is 825 g/mol. The smallest absolute Gasteiger partial charge is 0.261 e. The number of rotatable bonds is 28. The zero-order valence-electron chi connectivity index (χ0n) is 44.0. The summed E-state index contributed by atoms with van der Waals surface area (Å²) in [6.07, 6.45) is 27.9. The Bertz CT molecular complexity index is 2360. The largest absolute Gasteiger partial charge is 0.339 e. The molecule has 0 aliphatic carbocycles. The van der Waals surface area contributed by atoms with Gasteiger partial charge >= 0.3 is 0 Å². The van der Waals surface area contributed by atoms with Gasteiger partial charge in [-0.05, 0) is 126 Å². The highest BCUT2D eigenvalue weighted by Crippen LogP contribution is 2.48. The lowest BCUT2D eigenvalue weighted by molar-refractivity contribution is 0.0515. The van der Waals surface area contributed by atoms with Gasteiger partial charge in [-0.15, -0.1) is 0 Å². The molecule has 6 heteroatoms. The van der Waals surface area contributed by atoms with Gasteiger partial charge in [-0.3, -0.25) is 24.1 Å². The van der Waals surface area contributed by atoms with E-state index in [0.29, 0.717) is 22.3 Å². The number of imide groups is 1. The van der Waals surface area contributed by atoms with E-state index < -0.39 is 0 Å². The number of carbonyl (C=O) groups excluding carboxylic acids is 4. The fourth-order valence-corrected chi connectivity index (χ4v) is 11.5. The van der Waals surface area contributed by atoms with Gasteiger partial charge in [0.25, 0.3) is 17.7 Å². The molecule has 3 amide bonds. The average molecular weight is 913 g/mol. The van der Waals surface area contributed by atoms with Gasteiger partial charge in [0, 0.05) is 35.5 Å². The number of aryl methyl sites for hydroxylation is 4. The van der Waals surface area contributed by atoms with Crippen molar-refractivity contribution in [2.24, 2.45) is 0 Å². The molecular formula is C61H88N2O4. The number of fused-ring (bicyclic) bond motifs is 2. The van der Waals surface area contributed by atoms with Gasteiger partial charge in [0.05, 0.1) is 16.7 Å². The molecule has 0 saturated heterocycles. The van der Waals surface area contributed by atoms with Crippen LogP contribution in [-0.4, -0.2) is 52.9 Å². The molecule has 0 radical (unpaired) electrons. The summed E-state index contributed by atoms with van der Waals surface area (Å²) in [5.41, 5.74) is 5.82. The molecule has 5 aromatic rings. The maximum atomic E-state index is 15.2. The second-order valence-corrected chi connectivity index (χ2v) is 20.1. The summed E-state index contributed by atoms with van der Waals surface area (Å²) >= 11 is 0. The lowest BCUT2D eigenvalue weighted by atomic mass is 9.79. The minimum atomic E-state index is -0.163. The highest BCUT2D eigenvalue weighted by molar-refractivity contribution is 6.40. The molecule has 0 atom stereocenters. The summed E-state index contributed by atoms with van der Waals surface area (Å²) in [7, 11) is 1.98. The van der Waals surface area contributed by atoms with E-state index in [1.54, 1.807) is 4.90 Å². The minimum Gasteiger partial charge on any atom is -0.339 e. The zero-order valence-corrected chi connectivity index (χ0v) is 44.0. The molecule has 0 bridgehead atoms. The third kappa shape index (κ3) is 11.6. The van der Waals surface area contributed by atoms with Crippen molar-refractivity contribution in [2.45, 2.75) is 235 Å². The van der Waals surface area contributed by atoms with Crippen molar-refractivity contribution in [1.29, 1.82) is 0 Å². The second-order valence-electron chi connectivity index (χ2n) is 20.1. The minimum absolute atomic E-state index is 0.0224. The molecule has 67 heavy (non-hydrogen) atoms. The molecule has 366 valence electrons. The Labute approximate surface area is 405 Å². The number of hydrogen-bond donors (Lipinski definition) is 0. The first-order chi connectivity index (χ1) is 32.5. The van der Waals surface area contributed by atoms with Crippen molar-refractivity contribution in [3.05, 3.63) is 68.8 Å². The third-order valence-electron chi connectivity index (χ3n) is 15.2. The second kappa shape index (κ2) is 25.9. The molecule has 5 aromatic carbocycles. The van der Waals surface area contributed by atoms with Crippen molar-refractivity contribution < 1.29 is 19.2 Å². The first-order valence-corrected chi connectivity index (χ1v) is 27.3. The van der Waals surface area contributed by atoms with E-state index in [1.807, 2.05) is 53.5 Å². The number of carbonyl (C=O) groups is 4. The van der Waals surface area contributed by atoms with E-state index in [2.05, 4.69) is 52.0 Å². The Balaban J connectivity index is 0.00000414. The van der Waals surface area contributed by atoms with E-state index in [0.717, 1.165) is 136 Å². The lowest BCUT2D eigenvalue weighted by Gasteiger charge is -2.36. The summed E-state index contributed by atoms with van der Waals surface area (Å²) in [6, 6.07) is 8.53. The number of benzene rings is 5. The predicted molar refractivity (Wildman–Crippen MR) is 287 cm³/mol. The predicted octanol–water partition coefficient (Wildman–Crippen LogP) is 17.7. The summed E-state index contributed by atoms with van der Waals surface area (Å²) in [4.78, 5) is 62.3. The molecule has 6 rings (SSSR count). The number of nitrogens with zero attached hydrogens (tertiary/aromatic N) is 2. The van der Waals surface area contributed by atoms with Crippen molar-refractivity contribution >= 4 is 67.1 Å². The van der Waals surface area contributed by atoms with E-state index >= 15 is 14.4 Å². The van der Waals surface area contributed by atoms with Crippen LogP contribution in [0.25, 0.3) is 43.1 Å². The molecule has 1 aliphatic heterocycles. The van der Waals surface area contributed by atoms with Crippen LogP contribution in [0.5, 0.6) is 0 Å². The first kappa shape index (κ1) is 53.6. The lowest BCUT2D eigenvalue weighted by Crippen LogP contribution is -2.47. The highest BCUT2D eigenvalue weighted by atomic mass is 16.2. The monoisotopic (exact) mass is 913 g/mol. The summed E-state index contributed by atoms with van der Waals surface area (Å²) in [5, 5.41) is 7.15. The van der Waals surface area contributed by atoms with Gasteiger partial charge in [0.2, 0.25) is 0 Å². The molecule has 0 saturated carbocycles. The van der Waals surface area contributed by atoms with Crippen LogP contribution in [-0.2, 0) is 0 Å².